The topological polar surface area (TPSA) is 78.9 Å². The van der Waals surface area contributed by atoms with Crippen molar-refractivity contribution in [1.29, 1.82) is 0 Å². The second-order valence-electron chi connectivity index (χ2n) is 6.25. The molecular formula is C15H28N2O4. The van der Waals surface area contributed by atoms with Gasteiger partial charge in [-0.1, -0.05) is 13.8 Å². The lowest BCUT2D eigenvalue weighted by Gasteiger charge is -2.35. The van der Waals surface area contributed by atoms with Gasteiger partial charge in [-0.2, -0.15) is 0 Å². The average molecular weight is 300 g/mol. The Hall–Kier alpha value is -1.14. The normalized spacial score (nSPS) is 24.8. The van der Waals surface area contributed by atoms with Crippen LogP contribution in [0.4, 0.5) is 0 Å². The molecule has 1 saturated heterocycles. The first kappa shape index (κ1) is 17.9. The molecule has 1 rings (SSSR count). The predicted octanol–water partition coefficient (Wildman–Crippen LogP) is 1.10. The predicted molar refractivity (Wildman–Crippen MR) is 80.1 cm³/mol. The smallest absolute Gasteiger partial charge is 0.326 e. The number of aliphatic carboxylic acids is 1. The number of morpholine rings is 1. The number of hydrogen-bond acceptors (Lipinski definition) is 4. The van der Waals surface area contributed by atoms with Gasteiger partial charge >= 0.3 is 5.97 Å². The zero-order valence-corrected chi connectivity index (χ0v) is 13.5. The van der Waals surface area contributed by atoms with E-state index in [1.54, 1.807) is 13.8 Å². The van der Waals surface area contributed by atoms with E-state index < -0.39 is 12.0 Å². The SMILES string of the molecule is CC1CN(CCCC(=O)NC(C(=O)O)C(C)C)CC(C)O1. The Morgan fingerprint density at radius 3 is 2.33 bits per heavy atom. The molecular weight excluding hydrogens is 272 g/mol. The summed E-state index contributed by atoms with van der Waals surface area (Å²) in [6, 6.07) is -0.805. The van der Waals surface area contributed by atoms with Crippen LogP contribution >= 0.6 is 0 Å². The third-order valence-electron chi connectivity index (χ3n) is 3.62. The number of carboxylic acid groups (broad SMARTS) is 1. The summed E-state index contributed by atoms with van der Waals surface area (Å²) in [6.45, 7) is 10.3. The molecule has 0 saturated carbocycles. The van der Waals surface area contributed by atoms with E-state index in [9.17, 15) is 9.59 Å². The lowest BCUT2D eigenvalue weighted by atomic mass is 10.0. The van der Waals surface area contributed by atoms with Crippen LogP contribution in [-0.2, 0) is 14.3 Å². The second kappa shape index (κ2) is 8.34. The van der Waals surface area contributed by atoms with Gasteiger partial charge in [0.1, 0.15) is 6.04 Å². The summed E-state index contributed by atoms with van der Waals surface area (Å²) < 4.78 is 5.66. The van der Waals surface area contributed by atoms with Crippen molar-refractivity contribution in [3.05, 3.63) is 0 Å². The molecule has 0 aromatic heterocycles. The number of carbonyl (C=O) groups excluding carboxylic acids is 1. The highest BCUT2D eigenvalue weighted by Gasteiger charge is 2.24. The van der Waals surface area contributed by atoms with Gasteiger partial charge in [-0.05, 0) is 32.7 Å². The first-order valence-corrected chi connectivity index (χ1v) is 7.69. The standard InChI is InChI=1S/C15H28N2O4/c1-10(2)14(15(19)20)16-13(18)6-5-7-17-8-11(3)21-12(4)9-17/h10-12,14H,5-9H2,1-4H3,(H,16,18)(H,19,20). The fourth-order valence-corrected chi connectivity index (χ4v) is 2.69. The number of nitrogens with zero attached hydrogens (tertiary/aromatic N) is 1. The van der Waals surface area contributed by atoms with Gasteiger partial charge in [0.2, 0.25) is 5.91 Å². The monoisotopic (exact) mass is 300 g/mol. The van der Waals surface area contributed by atoms with Gasteiger partial charge in [-0.15, -0.1) is 0 Å². The lowest BCUT2D eigenvalue weighted by Crippen LogP contribution is -2.46. The first-order chi connectivity index (χ1) is 9.79. The minimum Gasteiger partial charge on any atom is -0.480 e. The van der Waals surface area contributed by atoms with Crippen molar-refractivity contribution in [3.63, 3.8) is 0 Å². The van der Waals surface area contributed by atoms with Crippen LogP contribution in [0.1, 0.15) is 40.5 Å². The number of hydrogen-bond donors (Lipinski definition) is 2. The zero-order chi connectivity index (χ0) is 16.0. The lowest BCUT2D eigenvalue weighted by molar-refractivity contribution is -0.143. The van der Waals surface area contributed by atoms with E-state index in [1.165, 1.54) is 0 Å². The van der Waals surface area contributed by atoms with Crippen LogP contribution in [0.5, 0.6) is 0 Å². The van der Waals surface area contributed by atoms with E-state index in [1.807, 2.05) is 0 Å². The van der Waals surface area contributed by atoms with Crippen molar-refractivity contribution in [2.45, 2.75) is 58.8 Å². The molecule has 2 N–H and O–H groups in total. The van der Waals surface area contributed by atoms with Gasteiger partial charge in [0.15, 0.2) is 0 Å². The Labute approximate surface area is 126 Å². The summed E-state index contributed by atoms with van der Waals surface area (Å²) in [5.41, 5.74) is 0. The highest BCUT2D eigenvalue weighted by atomic mass is 16.5. The molecule has 0 aromatic carbocycles. The van der Waals surface area contributed by atoms with E-state index in [4.69, 9.17) is 9.84 Å². The minimum atomic E-state index is -0.978. The van der Waals surface area contributed by atoms with E-state index in [2.05, 4.69) is 24.1 Å². The third-order valence-corrected chi connectivity index (χ3v) is 3.62. The van der Waals surface area contributed by atoms with Crippen LogP contribution in [0, 0.1) is 5.92 Å². The van der Waals surface area contributed by atoms with Gasteiger partial charge in [0.25, 0.3) is 0 Å². The van der Waals surface area contributed by atoms with Crippen molar-refractivity contribution >= 4 is 11.9 Å². The molecule has 1 heterocycles. The fraction of sp³-hybridized carbons (Fsp3) is 0.867. The Balaban J connectivity index is 2.28. The summed E-state index contributed by atoms with van der Waals surface area (Å²) in [4.78, 5) is 25.1. The number of ether oxygens (including phenoxy) is 1. The summed E-state index contributed by atoms with van der Waals surface area (Å²) in [6.07, 6.45) is 1.53. The maximum atomic E-state index is 11.8. The van der Waals surface area contributed by atoms with Crippen molar-refractivity contribution in [3.8, 4) is 0 Å². The highest BCUT2D eigenvalue weighted by molar-refractivity contribution is 5.83. The van der Waals surface area contributed by atoms with Gasteiger partial charge in [-0.25, -0.2) is 4.79 Å². The molecule has 0 aliphatic carbocycles. The number of carbonyl (C=O) groups is 2. The maximum Gasteiger partial charge on any atom is 0.326 e. The molecule has 1 aliphatic rings. The molecule has 122 valence electrons. The summed E-state index contributed by atoms with van der Waals surface area (Å²) >= 11 is 0. The zero-order valence-electron chi connectivity index (χ0n) is 13.5. The van der Waals surface area contributed by atoms with Crippen molar-refractivity contribution in [2.75, 3.05) is 19.6 Å². The summed E-state index contributed by atoms with van der Waals surface area (Å²) in [5.74, 6) is -1.29. The fourth-order valence-electron chi connectivity index (χ4n) is 2.69. The quantitative estimate of drug-likeness (QED) is 0.736. The van der Waals surface area contributed by atoms with Gasteiger partial charge in [0, 0.05) is 19.5 Å². The van der Waals surface area contributed by atoms with E-state index in [0.29, 0.717) is 6.42 Å². The summed E-state index contributed by atoms with van der Waals surface area (Å²) in [7, 11) is 0. The van der Waals surface area contributed by atoms with Crippen LogP contribution in [0.2, 0.25) is 0 Å². The van der Waals surface area contributed by atoms with Crippen molar-refractivity contribution in [1.82, 2.24) is 10.2 Å². The number of nitrogens with one attached hydrogen (secondary N) is 1. The number of carboxylic acids is 1. The molecule has 6 heteroatoms. The molecule has 0 spiro atoms. The number of amides is 1. The van der Waals surface area contributed by atoms with Crippen LogP contribution in [0.15, 0.2) is 0 Å². The molecule has 0 bridgehead atoms. The Bertz CT molecular complexity index is 350. The third kappa shape index (κ3) is 6.44. The first-order valence-electron chi connectivity index (χ1n) is 7.69. The van der Waals surface area contributed by atoms with E-state index >= 15 is 0 Å². The van der Waals surface area contributed by atoms with Crippen LogP contribution < -0.4 is 5.32 Å². The molecule has 3 unspecified atom stereocenters. The van der Waals surface area contributed by atoms with Crippen LogP contribution in [0.3, 0.4) is 0 Å². The molecule has 1 amide bonds. The highest BCUT2D eigenvalue weighted by Crippen LogP contribution is 2.11. The minimum absolute atomic E-state index is 0.118. The maximum absolute atomic E-state index is 11.8. The molecule has 1 fully saturated rings. The molecule has 0 aromatic rings. The molecule has 1 aliphatic heterocycles. The van der Waals surface area contributed by atoms with E-state index in [-0.39, 0.29) is 24.0 Å². The Kier molecular flexibility index (Phi) is 7.11. The summed E-state index contributed by atoms with van der Waals surface area (Å²) in [5, 5.41) is 11.6. The van der Waals surface area contributed by atoms with Gasteiger partial charge < -0.3 is 15.2 Å². The second-order valence-corrected chi connectivity index (χ2v) is 6.25. The van der Waals surface area contributed by atoms with E-state index in [0.717, 1.165) is 26.1 Å². The molecule has 3 atom stereocenters. The van der Waals surface area contributed by atoms with Gasteiger partial charge in [-0.3, -0.25) is 9.69 Å². The van der Waals surface area contributed by atoms with Crippen molar-refractivity contribution < 1.29 is 19.4 Å². The average Bonchev–Trinajstić information content (AvgIpc) is 2.34. The Morgan fingerprint density at radius 1 is 1.29 bits per heavy atom. The molecule has 21 heavy (non-hydrogen) atoms. The number of rotatable bonds is 7. The molecule has 6 nitrogen and oxygen atoms in total. The molecule has 0 radical (unpaired) electrons. The van der Waals surface area contributed by atoms with Crippen LogP contribution in [0.25, 0.3) is 0 Å². The van der Waals surface area contributed by atoms with Crippen LogP contribution in [-0.4, -0.2) is 59.8 Å². The van der Waals surface area contributed by atoms with Crippen molar-refractivity contribution in [2.24, 2.45) is 5.92 Å². The Morgan fingerprint density at radius 2 is 1.86 bits per heavy atom. The largest absolute Gasteiger partial charge is 0.480 e. The van der Waals surface area contributed by atoms with Gasteiger partial charge in [0.05, 0.1) is 12.2 Å².